The molecule has 0 aliphatic heterocycles. The molecule has 0 rings (SSSR count). The lowest BCUT2D eigenvalue weighted by atomic mass is 10.1. The number of rotatable bonds is 12. The average molecular weight is 369 g/mol. The monoisotopic (exact) mass is 368 g/mol. The van der Waals surface area contributed by atoms with Crippen LogP contribution in [0.25, 0.3) is 0 Å². The van der Waals surface area contributed by atoms with E-state index in [-0.39, 0.29) is 11.9 Å². The first-order valence-electron chi connectivity index (χ1n) is 9.77. The molecule has 0 aliphatic rings. The Morgan fingerprint density at radius 3 is 1.31 bits per heavy atom. The lowest BCUT2D eigenvalue weighted by molar-refractivity contribution is -0.141. The van der Waals surface area contributed by atoms with E-state index in [1.165, 1.54) is 14.2 Å². The normalized spacial score (nSPS) is 11.1. The predicted molar refractivity (Wildman–Crippen MR) is 109 cm³/mol. The highest BCUT2D eigenvalue weighted by Crippen LogP contribution is 2.04. The fraction of sp³-hybridized carbons (Fsp3) is 0.727. The van der Waals surface area contributed by atoms with Crippen molar-refractivity contribution in [2.75, 3.05) is 14.2 Å². The van der Waals surface area contributed by atoms with Crippen LogP contribution in [0.1, 0.15) is 79.1 Å². The lowest BCUT2D eigenvalue weighted by Gasteiger charge is -1.97. The minimum Gasteiger partial charge on any atom is -0.469 e. The summed E-state index contributed by atoms with van der Waals surface area (Å²) in [5, 5.41) is 0. The predicted octanol–water partition coefficient (Wildman–Crippen LogP) is 5.86. The maximum absolute atomic E-state index is 10.7. The Balaban J connectivity index is 0. The molecule has 0 aliphatic carbocycles. The molecule has 0 amide bonds. The van der Waals surface area contributed by atoms with E-state index in [0.29, 0.717) is 12.8 Å². The fourth-order valence-corrected chi connectivity index (χ4v) is 1.91. The first-order valence-corrected chi connectivity index (χ1v) is 9.77. The van der Waals surface area contributed by atoms with Crippen LogP contribution in [-0.4, -0.2) is 26.2 Å². The molecule has 152 valence electrons. The van der Waals surface area contributed by atoms with Gasteiger partial charge in [0.05, 0.1) is 14.2 Å². The van der Waals surface area contributed by atoms with Crippen LogP contribution in [0.3, 0.4) is 0 Å². The molecular formula is C22H40O4. The zero-order valence-electron chi connectivity index (χ0n) is 17.8. The molecule has 26 heavy (non-hydrogen) atoms. The highest BCUT2D eigenvalue weighted by atomic mass is 16.5. The van der Waals surface area contributed by atoms with Crippen molar-refractivity contribution in [2.24, 2.45) is 11.8 Å². The van der Waals surface area contributed by atoms with Crippen LogP contribution in [0.2, 0.25) is 0 Å². The third-order valence-electron chi connectivity index (χ3n) is 3.51. The molecule has 0 N–H and O–H groups in total. The minimum atomic E-state index is -0.114. The molecule has 0 atom stereocenters. The van der Waals surface area contributed by atoms with E-state index in [0.717, 1.165) is 50.4 Å². The number of ether oxygens (including phenoxy) is 2. The zero-order chi connectivity index (χ0) is 20.2. The van der Waals surface area contributed by atoms with Gasteiger partial charge in [-0.05, 0) is 50.4 Å². The standard InChI is InChI=1S/2C11H20O2/c2*1-10(2)8-6-4-5-7-9-11(12)13-3/h2*4,6,10H,5,7-9H2,1-3H3/b6-4+;6-4-. The van der Waals surface area contributed by atoms with Crippen LogP contribution < -0.4 is 0 Å². The number of allylic oxidation sites excluding steroid dienone is 4. The SMILES string of the molecule is COC(=O)CCC/C=C/CC(C)C.COC(=O)CCC/C=C\CC(C)C. The molecule has 0 aromatic carbocycles. The molecule has 0 heterocycles. The molecule has 0 spiro atoms. The van der Waals surface area contributed by atoms with Crippen LogP contribution in [0.5, 0.6) is 0 Å². The van der Waals surface area contributed by atoms with Crippen molar-refractivity contribution in [3.8, 4) is 0 Å². The van der Waals surface area contributed by atoms with Gasteiger partial charge in [-0.25, -0.2) is 0 Å². The Morgan fingerprint density at radius 1 is 0.692 bits per heavy atom. The summed E-state index contributed by atoms with van der Waals surface area (Å²) in [6.07, 6.45) is 15.7. The van der Waals surface area contributed by atoms with E-state index in [9.17, 15) is 9.59 Å². The third-order valence-corrected chi connectivity index (χ3v) is 3.51. The first kappa shape index (κ1) is 26.6. The topological polar surface area (TPSA) is 52.6 Å². The van der Waals surface area contributed by atoms with Crippen molar-refractivity contribution in [1.82, 2.24) is 0 Å². The van der Waals surface area contributed by atoms with Crippen LogP contribution in [0.4, 0.5) is 0 Å². The highest BCUT2D eigenvalue weighted by molar-refractivity contribution is 5.69. The second-order valence-electron chi connectivity index (χ2n) is 7.14. The largest absolute Gasteiger partial charge is 0.469 e. The van der Waals surface area contributed by atoms with Crippen molar-refractivity contribution >= 4 is 11.9 Å². The molecule has 0 saturated heterocycles. The first-order chi connectivity index (χ1) is 12.3. The number of hydrogen-bond donors (Lipinski definition) is 0. The molecule has 4 nitrogen and oxygen atoms in total. The van der Waals surface area contributed by atoms with Crippen LogP contribution in [0, 0.1) is 11.8 Å². The van der Waals surface area contributed by atoms with Crippen molar-refractivity contribution in [3.05, 3.63) is 24.3 Å². The van der Waals surface area contributed by atoms with Gasteiger partial charge in [0.15, 0.2) is 0 Å². The minimum absolute atomic E-state index is 0.114. The number of carbonyl (C=O) groups excluding carboxylic acids is 2. The average Bonchev–Trinajstić information content (AvgIpc) is 2.60. The highest BCUT2D eigenvalue weighted by Gasteiger charge is 1.97. The Morgan fingerprint density at radius 2 is 1.04 bits per heavy atom. The molecule has 0 aromatic heterocycles. The van der Waals surface area contributed by atoms with Gasteiger partial charge in [0, 0.05) is 12.8 Å². The van der Waals surface area contributed by atoms with Crippen molar-refractivity contribution in [2.45, 2.75) is 79.1 Å². The van der Waals surface area contributed by atoms with Gasteiger partial charge in [-0.2, -0.15) is 0 Å². The second kappa shape index (κ2) is 19.7. The summed E-state index contributed by atoms with van der Waals surface area (Å²) in [6, 6.07) is 0. The number of unbranched alkanes of at least 4 members (excludes halogenated alkanes) is 2. The van der Waals surface area contributed by atoms with Crippen molar-refractivity contribution in [3.63, 3.8) is 0 Å². The van der Waals surface area contributed by atoms with E-state index in [1.54, 1.807) is 0 Å². The van der Waals surface area contributed by atoms with Gasteiger partial charge in [0.1, 0.15) is 0 Å². The maximum atomic E-state index is 10.7. The van der Waals surface area contributed by atoms with E-state index < -0.39 is 0 Å². The summed E-state index contributed by atoms with van der Waals surface area (Å²) in [4.78, 5) is 21.4. The molecule has 4 heteroatoms. The van der Waals surface area contributed by atoms with E-state index >= 15 is 0 Å². The fourth-order valence-electron chi connectivity index (χ4n) is 1.91. The summed E-state index contributed by atoms with van der Waals surface area (Å²) in [5.41, 5.74) is 0. The van der Waals surface area contributed by atoms with Crippen LogP contribution >= 0.6 is 0 Å². The molecule has 0 unspecified atom stereocenters. The number of hydrogen-bond acceptors (Lipinski definition) is 4. The molecule has 0 fully saturated rings. The third kappa shape index (κ3) is 24.7. The van der Waals surface area contributed by atoms with E-state index in [2.05, 4.69) is 61.5 Å². The summed E-state index contributed by atoms with van der Waals surface area (Å²) in [6.45, 7) is 8.77. The second-order valence-corrected chi connectivity index (χ2v) is 7.14. The Bertz CT molecular complexity index is 357. The van der Waals surface area contributed by atoms with Gasteiger partial charge in [0.25, 0.3) is 0 Å². The number of methoxy groups -OCH3 is 2. The van der Waals surface area contributed by atoms with E-state index in [1.807, 2.05) is 0 Å². The van der Waals surface area contributed by atoms with Gasteiger partial charge in [0.2, 0.25) is 0 Å². The summed E-state index contributed by atoms with van der Waals surface area (Å²) < 4.78 is 9.06. The van der Waals surface area contributed by atoms with Gasteiger partial charge < -0.3 is 9.47 Å². The molecule has 0 saturated carbocycles. The molecule has 0 radical (unpaired) electrons. The Labute approximate surface area is 161 Å². The Hall–Kier alpha value is -1.58. The Kier molecular flexibility index (Phi) is 20.2. The lowest BCUT2D eigenvalue weighted by Crippen LogP contribution is -1.98. The maximum Gasteiger partial charge on any atom is 0.305 e. The van der Waals surface area contributed by atoms with Crippen LogP contribution in [-0.2, 0) is 19.1 Å². The zero-order valence-corrected chi connectivity index (χ0v) is 17.8. The van der Waals surface area contributed by atoms with Crippen LogP contribution in [0.15, 0.2) is 24.3 Å². The van der Waals surface area contributed by atoms with Gasteiger partial charge >= 0.3 is 11.9 Å². The van der Waals surface area contributed by atoms with Crippen molar-refractivity contribution in [1.29, 1.82) is 0 Å². The molecular weight excluding hydrogens is 328 g/mol. The van der Waals surface area contributed by atoms with Gasteiger partial charge in [-0.3, -0.25) is 9.59 Å². The molecule has 0 aromatic rings. The number of esters is 2. The smallest absolute Gasteiger partial charge is 0.305 e. The van der Waals surface area contributed by atoms with Gasteiger partial charge in [-0.1, -0.05) is 52.0 Å². The quantitative estimate of drug-likeness (QED) is 0.246. The van der Waals surface area contributed by atoms with Gasteiger partial charge in [-0.15, -0.1) is 0 Å². The molecule has 0 bridgehead atoms. The summed E-state index contributed by atoms with van der Waals surface area (Å²) >= 11 is 0. The number of carbonyl (C=O) groups is 2. The van der Waals surface area contributed by atoms with Crippen molar-refractivity contribution < 1.29 is 19.1 Å². The summed E-state index contributed by atoms with van der Waals surface area (Å²) in [7, 11) is 2.86. The summed E-state index contributed by atoms with van der Waals surface area (Å²) in [5.74, 6) is 1.21. The van der Waals surface area contributed by atoms with E-state index in [4.69, 9.17) is 0 Å².